The molecule has 0 spiro atoms. The number of ether oxygens (including phenoxy) is 2. The van der Waals surface area contributed by atoms with Gasteiger partial charge in [0.1, 0.15) is 18.5 Å². The maximum atomic E-state index is 14.0. The van der Waals surface area contributed by atoms with E-state index in [1.165, 1.54) is 24.2 Å². The number of methoxy groups -OCH3 is 1. The molecule has 3 atom stereocenters. The number of aliphatic hydroxyl groups excluding tert-OH is 2. The van der Waals surface area contributed by atoms with Crippen LogP contribution < -0.4 is 14.8 Å². The Morgan fingerprint density at radius 2 is 1.84 bits per heavy atom. The molecule has 9 nitrogen and oxygen atoms in total. The smallest absolute Gasteiger partial charge is 0.416 e. The van der Waals surface area contributed by atoms with Crippen molar-refractivity contribution in [3.63, 3.8) is 0 Å². The molecule has 0 bridgehead atoms. The van der Waals surface area contributed by atoms with Crippen molar-refractivity contribution in [2.45, 2.75) is 62.6 Å². The number of nitrogens with zero attached hydrogens (tertiary/aromatic N) is 1. The number of alkyl halides is 3. The average molecular weight is 716 g/mol. The monoisotopic (exact) mass is 716 g/mol. The number of aldehydes is 1. The number of carbonyl (C=O) groups is 3. The summed E-state index contributed by atoms with van der Waals surface area (Å²) in [6, 6.07) is 5.65. The van der Waals surface area contributed by atoms with Crippen LogP contribution in [0.4, 0.5) is 13.2 Å². The summed E-state index contributed by atoms with van der Waals surface area (Å²) in [6.45, 7) is -0.325. The Bertz CT molecular complexity index is 1360. The van der Waals surface area contributed by atoms with Crippen molar-refractivity contribution < 1.29 is 47.2 Å². The van der Waals surface area contributed by atoms with Crippen LogP contribution in [0.5, 0.6) is 11.5 Å². The highest BCUT2D eigenvalue weighted by Crippen LogP contribution is 2.38. The van der Waals surface area contributed by atoms with E-state index >= 15 is 0 Å². The maximum Gasteiger partial charge on any atom is 0.416 e. The van der Waals surface area contributed by atoms with E-state index in [4.69, 9.17) is 9.47 Å². The number of aliphatic hydroxyl groups is 2. The van der Waals surface area contributed by atoms with Gasteiger partial charge in [-0.15, -0.1) is 0 Å². The second-order valence-corrected chi connectivity index (χ2v) is 11.6. The zero-order valence-electron chi connectivity index (χ0n) is 23.3. The molecule has 43 heavy (non-hydrogen) atoms. The number of hydrogen-bond donors (Lipinski definition) is 3. The van der Waals surface area contributed by atoms with E-state index < -0.39 is 41.8 Å². The van der Waals surface area contributed by atoms with Crippen LogP contribution in [-0.4, -0.2) is 77.8 Å². The lowest BCUT2D eigenvalue weighted by atomic mass is 9.86. The van der Waals surface area contributed by atoms with Gasteiger partial charge in [-0.05, 0) is 77.9 Å². The third-order valence-electron chi connectivity index (χ3n) is 7.63. The van der Waals surface area contributed by atoms with Gasteiger partial charge in [-0.3, -0.25) is 14.4 Å². The molecule has 0 saturated heterocycles. The highest BCUT2D eigenvalue weighted by Gasteiger charge is 2.44. The minimum atomic E-state index is -4.57. The van der Waals surface area contributed by atoms with Crippen molar-refractivity contribution in [2.75, 3.05) is 20.3 Å². The Morgan fingerprint density at radius 1 is 1.16 bits per heavy atom. The zero-order valence-corrected chi connectivity index (χ0v) is 25.4. The molecule has 0 heterocycles. The summed E-state index contributed by atoms with van der Waals surface area (Å²) in [5.41, 5.74) is -0.330. The molecule has 4 rings (SSSR count). The number of benzene rings is 2. The summed E-state index contributed by atoms with van der Waals surface area (Å²) in [5, 5.41) is 23.5. The summed E-state index contributed by atoms with van der Waals surface area (Å²) in [4.78, 5) is 39.9. The summed E-state index contributed by atoms with van der Waals surface area (Å²) in [5.74, 6) is -0.656. The summed E-state index contributed by atoms with van der Waals surface area (Å²) >= 11 is 1.96. The van der Waals surface area contributed by atoms with E-state index in [1.807, 2.05) is 22.6 Å². The van der Waals surface area contributed by atoms with Gasteiger partial charge in [-0.1, -0.05) is 12.8 Å². The Hall–Kier alpha value is -3.17. The largest absolute Gasteiger partial charge is 0.493 e. The van der Waals surface area contributed by atoms with Crippen LogP contribution in [-0.2, 0) is 11.0 Å². The molecule has 2 aromatic carbocycles. The normalized spacial score (nSPS) is 20.7. The predicted octanol–water partition coefficient (Wildman–Crippen LogP) is 4.13. The Labute approximate surface area is 260 Å². The topological polar surface area (TPSA) is 125 Å². The van der Waals surface area contributed by atoms with Crippen LogP contribution >= 0.6 is 22.6 Å². The first-order valence-electron chi connectivity index (χ1n) is 13.8. The van der Waals surface area contributed by atoms with Crippen molar-refractivity contribution in [3.05, 3.63) is 68.3 Å². The Balaban J connectivity index is 1.74. The van der Waals surface area contributed by atoms with Crippen LogP contribution in [0, 0.1) is 3.57 Å². The van der Waals surface area contributed by atoms with Crippen molar-refractivity contribution >= 4 is 40.7 Å². The first-order valence-corrected chi connectivity index (χ1v) is 14.8. The summed E-state index contributed by atoms with van der Waals surface area (Å²) < 4.78 is 51.7. The molecule has 2 amide bonds. The lowest BCUT2D eigenvalue weighted by Gasteiger charge is -2.43. The predicted molar refractivity (Wildman–Crippen MR) is 158 cm³/mol. The van der Waals surface area contributed by atoms with Crippen molar-refractivity contribution in [1.82, 2.24) is 10.2 Å². The Morgan fingerprint density at radius 3 is 2.42 bits per heavy atom. The number of amides is 2. The molecule has 232 valence electrons. The number of halogens is 4. The number of rotatable bonds is 10. The van der Waals surface area contributed by atoms with Gasteiger partial charge in [0.25, 0.3) is 5.91 Å². The van der Waals surface area contributed by atoms with Crippen molar-refractivity contribution in [1.29, 1.82) is 0 Å². The van der Waals surface area contributed by atoms with Crippen molar-refractivity contribution in [2.24, 2.45) is 0 Å². The molecule has 2 aliphatic rings. The molecule has 2 aromatic rings. The quantitative estimate of drug-likeness (QED) is 0.250. The molecule has 3 unspecified atom stereocenters. The van der Waals surface area contributed by atoms with E-state index in [-0.39, 0.29) is 48.2 Å². The van der Waals surface area contributed by atoms with Crippen LogP contribution in [0.2, 0.25) is 0 Å². The lowest BCUT2D eigenvalue weighted by Crippen LogP contribution is -2.57. The zero-order chi connectivity index (χ0) is 31.3. The standard InChI is InChI=1S/C30H32F3IN2O7/c1-42-25-13-17(16-38)12-22(34)27(25)43-24-15-19(28(40)35-10-11-37)14-23(26(24)39)36(21-4-2-3-5-21)29(41)18-6-8-20(9-7-18)30(31,32)33/h6-9,12-13,15-16,21,23-24,26,37,39H,2-5,10-11,14H2,1H3,(H,35,40). The van der Waals surface area contributed by atoms with Gasteiger partial charge in [-0.2, -0.15) is 13.2 Å². The molecule has 3 N–H and O–H groups in total. The van der Waals surface area contributed by atoms with E-state index in [1.54, 1.807) is 6.07 Å². The fourth-order valence-electron chi connectivity index (χ4n) is 5.53. The van der Waals surface area contributed by atoms with Gasteiger partial charge in [-0.25, -0.2) is 0 Å². The molecule has 1 saturated carbocycles. The van der Waals surface area contributed by atoms with Gasteiger partial charge >= 0.3 is 6.18 Å². The molecular weight excluding hydrogens is 684 g/mol. The molecule has 2 aliphatic carbocycles. The van der Waals surface area contributed by atoms with Gasteiger partial charge in [0.2, 0.25) is 5.91 Å². The third-order valence-corrected chi connectivity index (χ3v) is 8.43. The van der Waals surface area contributed by atoms with Gasteiger partial charge in [0.15, 0.2) is 11.5 Å². The van der Waals surface area contributed by atoms with Crippen LogP contribution in [0.3, 0.4) is 0 Å². The first kappa shape index (κ1) is 32.7. The molecular formula is C30H32F3IN2O7. The van der Waals surface area contributed by atoms with Crippen molar-refractivity contribution in [3.8, 4) is 11.5 Å². The van der Waals surface area contributed by atoms with Crippen LogP contribution in [0.25, 0.3) is 0 Å². The second-order valence-electron chi connectivity index (χ2n) is 10.4. The van der Waals surface area contributed by atoms with Crippen LogP contribution in [0.15, 0.2) is 48.0 Å². The van der Waals surface area contributed by atoms with E-state index in [2.05, 4.69) is 5.32 Å². The fraction of sp³-hybridized carbons (Fsp3) is 0.433. The van der Waals surface area contributed by atoms with Gasteiger partial charge < -0.3 is 29.9 Å². The Kier molecular flexibility index (Phi) is 10.7. The van der Waals surface area contributed by atoms with E-state index in [0.717, 1.165) is 37.1 Å². The van der Waals surface area contributed by atoms with Gasteiger partial charge in [0, 0.05) is 35.7 Å². The SMILES string of the molecule is COc1cc(C=O)cc(I)c1OC1C=C(C(=O)NCCO)CC(N(C(=O)c2ccc(C(F)(F)F)cc2)C2CCCC2)C1O. The lowest BCUT2D eigenvalue weighted by molar-refractivity contribution is -0.137. The number of hydrogen-bond acceptors (Lipinski definition) is 7. The molecule has 0 aliphatic heterocycles. The minimum absolute atomic E-state index is 0.0195. The molecule has 1 fully saturated rings. The molecule has 13 heteroatoms. The third kappa shape index (κ3) is 7.50. The second kappa shape index (κ2) is 14.1. The first-order chi connectivity index (χ1) is 20.5. The van der Waals surface area contributed by atoms with Gasteiger partial charge in [0.05, 0.1) is 28.9 Å². The molecule has 0 radical (unpaired) electrons. The number of carbonyl (C=O) groups excluding carboxylic acids is 3. The van der Waals surface area contributed by atoms with E-state index in [0.29, 0.717) is 28.3 Å². The van der Waals surface area contributed by atoms with E-state index in [9.17, 15) is 37.8 Å². The summed E-state index contributed by atoms with van der Waals surface area (Å²) in [6.07, 6.45) is -2.14. The summed E-state index contributed by atoms with van der Waals surface area (Å²) in [7, 11) is 1.39. The maximum absolute atomic E-state index is 14.0. The molecule has 0 aromatic heterocycles. The average Bonchev–Trinajstić information content (AvgIpc) is 3.52. The van der Waals surface area contributed by atoms with Crippen LogP contribution in [0.1, 0.15) is 58.4 Å². The minimum Gasteiger partial charge on any atom is -0.493 e. The highest BCUT2D eigenvalue weighted by molar-refractivity contribution is 14.1. The number of nitrogens with one attached hydrogen (secondary N) is 1. The highest BCUT2D eigenvalue weighted by atomic mass is 127. The fourth-order valence-corrected chi connectivity index (χ4v) is 6.28.